The maximum Gasteiger partial charge on any atom is 0.206 e. The Morgan fingerprint density at radius 2 is 0.843 bits per heavy atom. The van der Waals surface area contributed by atoms with E-state index in [0.29, 0.717) is 5.96 Å². The van der Waals surface area contributed by atoms with E-state index in [1.54, 1.807) is 0 Å². The van der Waals surface area contributed by atoms with E-state index in [2.05, 4.69) is 42.9 Å². The fraction of sp³-hybridized carbons (Fsp3) is 0.957. The Hall–Kier alpha value is -1.28. The minimum atomic E-state index is 0.668. The van der Waals surface area contributed by atoms with E-state index in [9.17, 15) is 0 Å². The Morgan fingerprint density at radius 1 is 0.490 bits per heavy atom. The molecule has 51 heavy (non-hydrogen) atoms. The van der Waals surface area contributed by atoms with Gasteiger partial charge in [-0.05, 0) is 50.7 Å². The molecule has 0 saturated heterocycles. The number of aliphatic imine (C=N–C) groups is 1. The molecule has 0 radical (unpaired) electrons. The molecule has 0 aliphatic carbocycles. The summed E-state index contributed by atoms with van der Waals surface area (Å²) in [5.41, 5.74) is 0. The third kappa shape index (κ3) is 34.3. The molecule has 2 atom stereocenters. The van der Waals surface area contributed by atoms with Gasteiger partial charge >= 0.3 is 0 Å². The Morgan fingerprint density at radius 3 is 1.24 bits per heavy atom. The first kappa shape index (κ1) is 49.7. The fourth-order valence-electron chi connectivity index (χ4n) is 7.85. The van der Waals surface area contributed by atoms with Gasteiger partial charge in [0, 0.05) is 20.6 Å². The summed E-state index contributed by atoms with van der Waals surface area (Å²) in [6.45, 7) is 13.7. The van der Waals surface area contributed by atoms with Crippen molar-refractivity contribution in [3.05, 3.63) is 0 Å². The third-order valence-corrected chi connectivity index (χ3v) is 11.4. The average molecular weight is 716 g/mol. The summed E-state index contributed by atoms with van der Waals surface area (Å²) >= 11 is 0. The molecule has 5 nitrogen and oxygen atoms in total. The molecule has 5 heteroatoms. The SMILES string of the molecule is CCCCCCCCC(CC)CCCCCCCN(CCCCCCCC(CCCCCC)CCCCCCC)CCCN=C(NC#N)N(C)C. The first-order chi connectivity index (χ1) is 25.0. The van der Waals surface area contributed by atoms with Crippen LogP contribution in [0.4, 0.5) is 0 Å². The molecule has 0 amide bonds. The van der Waals surface area contributed by atoms with Crippen molar-refractivity contribution < 1.29 is 0 Å². The van der Waals surface area contributed by atoms with Crippen LogP contribution in [0.3, 0.4) is 0 Å². The summed E-state index contributed by atoms with van der Waals surface area (Å²) < 4.78 is 0. The van der Waals surface area contributed by atoms with Crippen LogP contribution in [-0.4, -0.2) is 56.0 Å². The highest BCUT2D eigenvalue weighted by Gasteiger charge is 2.10. The van der Waals surface area contributed by atoms with Crippen LogP contribution in [0.15, 0.2) is 4.99 Å². The van der Waals surface area contributed by atoms with Gasteiger partial charge in [0.1, 0.15) is 0 Å². The zero-order chi connectivity index (χ0) is 37.5. The summed E-state index contributed by atoms with van der Waals surface area (Å²) in [6.07, 6.45) is 47.1. The van der Waals surface area contributed by atoms with E-state index in [0.717, 1.165) is 31.3 Å². The number of hydrogen-bond acceptors (Lipinski definition) is 3. The summed E-state index contributed by atoms with van der Waals surface area (Å²) in [6, 6.07) is 0. The number of guanidine groups is 1. The Bertz CT molecular complexity index is 759. The lowest BCUT2D eigenvalue weighted by molar-refractivity contribution is 0.258. The fourth-order valence-corrected chi connectivity index (χ4v) is 7.85. The van der Waals surface area contributed by atoms with Crippen molar-refractivity contribution in [2.45, 2.75) is 233 Å². The molecule has 0 aromatic rings. The molecule has 0 spiro atoms. The lowest BCUT2D eigenvalue weighted by Crippen LogP contribution is -2.34. The van der Waals surface area contributed by atoms with Crippen molar-refractivity contribution in [3.8, 4) is 6.19 Å². The van der Waals surface area contributed by atoms with Crippen molar-refractivity contribution in [1.29, 1.82) is 5.26 Å². The third-order valence-electron chi connectivity index (χ3n) is 11.4. The normalized spacial score (nSPS) is 13.1. The summed E-state index contributed by atoms with van der Waals surface area (Å²) in [4.78, 5) is 9.27. The predicted molar refractivity (Wildman–Crippen MR) is 229 cm³/mol. The molecule has 0 saturated carbocycles. The van der Waals surface area contributed by atoms with E-state index in [1.807, 2.05) is 25.2 Å². The molecule has 0 heterocycles. The lowest BCUT2D eigenvalue weighted by atomic mass is 9.89. The maximum atomic E-state index is 9.05. The maximum absolute atomic E-state index is 9.05. The van der Waals surface area contributed by atoms with Gasteiger partial charge in [0.25, 0.3) is 0 Å². The number of unbranched alkanes of at least 4 members (excludes halogenated alkanes) is 20. The number of nitriles is 1. The van der Waals surface area contributed by atoms with Crippen molar-refractivity contribution in [3.63, 3.8) is 0 Å². The average Bonchev–Trinajstić information content (AvgIpc) is 3.13. The summed E-state index contributed by atoms with van der Waals surface area (Å²) in [5.74, 6) is 2.61. The molecule has 2 unspecified atom stereocenters. The first-order valence-electron chi connectivity index (χ1n) is 23.1. The molecule has 1 N–H and O–H groups in total. The topological polar surface area (TPSA) is 54.7 Å². The molecule has 0 bridgehead atoms. The van der Waals surface area contributed by atoms with Crippen molar-refractivity contribution in [2.24, 2.45) is 16.8 Å². The highest BCUT2D eigenvalue weighted by atomic mass is 15.3. The van der Waals surface area contributed by atoms with Gasteiger partial charge in [0.2, 0.25) is 5.96 Å². The smallest absolute Gasteiger partial charge is 0.206 e. The summed E-state index contributed by atoms with van der Waals surface area (Å²) in [5, 5.41) is 11.8. The Kier molecular flexibility index (Phi) is 38.9. The van der Waals surface area contributed by atoms with Gasteiger partial charge < -0.3 is 9.80 Å². The number of nitrogens with one attached hydrogen (secondary N) is 1. The largest absolute Gasteiger partial charge is 0.348 e. The Labute approximate surface area is 322 Å². The minimum absolute atomic E-state index is 0.668. The minimum Gasteiger partial charge on any atom is -0.348 e. The van der Waals surface area contributed by atoms with Crippen LogP contribution in [0.5, 0.6) is 0 Å². The molecular formula is C46H93N5. The number of hydrogen-bond donors (Lipinski definition) is 1. The van der Waals surface area contributed by atoms with Crippen LogP contribution in [0, 0.1) is 23.3 Å². The van der Waals surface area contributed by atoms with Gasteiger partial charge in [-0.25, -0.2) is 0 Å². The van der Waals surface area contributed by atoms with Crippen molar-refractivity contribution >= 4 is 5.96 Å². The van der Waals surface area contributed by atoms with E-state index in [1.165, 1.54) is 212 Å². The first-order valence-corrected chi connectivity index (χ1v) is 23.1. The predicted octanol–water partition coefficient (Wildman–Crippen LogP) is 14.1. The molecule has 302 valence electrons. The van der Waals surface area contributed by atoms with Crippen molar-refractivity contribution in [2.75, 3.05) is 40.3 Å². The standard InChI is InChI=1S/C46H93N5/c1-7-11-14-17-21-27-34-44(10-4)35-28-22-18-24-31-40-51(42-33-39-48-46(49-43-47)50(5)6)41-32-25-19-23-30-38-45(36-26-16-13-9-3)37-29-20-15-12-8-2/h44-45H,7-42H2,1-6H3,(H,48,49). The molecular weight excluding hydrogens is 623 g/mol. The van der Waals surface area contributed by atoms with Crippen LogP contribution < -0.4 is 5.32 Å². The second-order valence-electron chi connectivity index (χ2n) is 16.4. The molecule has 0 aromatic heterocycles. The van der Waals surface area contributed by atoms with Gasteiger partial charge in [0.05, 0.1) is 0 Å². The highest BCUT2D eigenvalue weighted by Crippen LogP contribution is 2.25. The second kappa shape index (κ2) is 39.9. The zero-order valence-corrected chi connectivity index (χ0v) is 35.9. The van der Waals surface area contributed by atoms with E-state index in [-0.39, 0.29) is 0 Å². The van der Waals surface area contributed by atoms with Gasteiger partial charge in [-0.3, -0.25) is 10.3 Å². The highest BCUT2D eigenvalue weighted by molar-refractivity contribution is 5.80. The van der Waals surface area contributed by atoms with Crippen LogP contribution in [0.2, 0.25) is 0 Å². The molecule has 0 aliphatic heterocycles. The lowest BCUT2D eigenvalue weighted by Gasteiger charge is -2.22. The van der Waals surface area contributed by atoms with Crippen LogP contribution >= 0.6 is 0 Å². The van der Waals surface area contributed by atoms with E-state index in [4.69, 9.17) is 5.26 Å². The molecule has 0 aliphatic rings. The van der Waals surface area contributed by atoms with Gasteiger partial charge in [-0.1, -0.05) is 214 Å². The molecule has 0 fully saturated rings. The van der Waals surface area contributed by atoms with Gasteiger partial charge in [-0.15, -0.1) is 0 Å². The van der Waals surface area contributed by atoms with E-state index >= 15 is 0 Å². The number of rotatable bonds is 39. The quantitative estimate of drug-likeness (QED) is 0.0226. The molecule has 0 rings (SSSR count). The van der Waals surface area contributed by atoms with E-state index < -0.39 is 0 Å². The Balaban J connectivity index is 4.51. The zero-order valence-electron chi connectivity index (χ0n) is 35.9. The second-order valence-corrected chi connectivity index (χ2v) is 16.4. The van der Waals surface area contributed by atoms with Crippen LogP contribution in [0.1, 0.15) is 233 Å². The van der Waals surface area contributed by atoms with Gasteiger partial charge in [0.15, 0.2) is 6.19 Å². The number of nitrogens with zero attached hydrogens (tertiary/aromatic N) is 4. The van der Waals surface area contributed by atoms with Crippen LogP contribution in [-0.2, 0) is 0 Å². The van der Waals surface area contributed by atoms with Crippen molar-refractivity contribution in [1.82, 2.24) is 15.1 Å². The van der Waals surface area contributed by atoms with Crippen LogP contribution in [0.25, 0.3) is 0 Å². The van der Waals surface area contributed by atoms with Gasteiger partial charge in [-0.2, -0.15) is 5.26 Å². The molecule has 0 aromatic carbocycles. The summed E-state index contributed by atoms with van der Waals surface area (Å²) in [7, 11) is 3.88. The monoisotopic (exact) mass is 716 g/mol.